The van der Waals surface area contributed by atoms with Crippen LogP contribution in [0.1, 0.15) is 0 Å². The maximum atomic E-state index is 6.82. The largest absolute Gasteiger partial charge is 0.456 e. The number of hydrogen-bond donors (Lipinski definition) is 0. The summed E-state index contributed by atoms with van der Waals surface area (Å²) in [6, 6.07) is 57.1. The smallest absolute Gasteiger partial charge is 0.136 e. The lowest BCUT2D eigenvalue weighted by atomic mass is 9.86. The monoisotopic (exact) mass is 634 g/mol. The van der Waals surface area contributed by atoms with E-state index in [1.54, 1.807) is 0 Å². The van der Waals surface area contributed by atoms with Crippen LogP contribution in [0.25, 0.3) is 120 Å². The average Bonchev–Trinajstić information content (AvgIpc) is 3.17. The van der Waals surface area contributed by atoms with E-state index in [4.69, 9.17) is 8.83 Å². The van der Waals surface area contributed by atoms with Crippen LogP contribution in [0.3, 0.4) is 0 Å². The van der Waals surface area contributed by atoms with Crippen molar-refractivity contribution < 1.29 is 8.83 Å². The molecule has 12 rings (SSSR count). The fourth-order valence-corrected chi connectivity index (χ4v) is 8.74. The third-order valence-electron chi connectivity index (χ3n) is 11.0. The van der Waals surface area contributed by atoms with Crippen LogP contribution in [-0.2, 0) is 0 Å². The van der Waals surface area contributed by atoms with E-state index in [2.05, 4.69) is 158 Å². The summed E-state index contributed by atoms with van der Waals surface area (Å²) in [5.74, 6) is 0. The number of fused-ring (bicyclic) bond motifs is 6. The molecule has 50 heavy (non-hydrogen) atoms. The Hall–Kier alpha value is -6.64. The van der Waals surface area contributed by atoms with Gasteiger partial charge in [-0.05, 0) is 125 Å². The van der Waals surface area contributed by atoms with Gasteiger partial charge in [-0.25, -0.2) is 0 Å². The molecule has 0 aliphatic carbocycles. The molecule has 0 atom stereocenters. The van der Waals surface area contributed by atoms with Gasteiger partial charge in [0.15, 0.2) is 0 Å². The third kappa shape index (κ3) is 3.47. The molecule has 0 unspecified atom stereocenters. The summed E-state index contributed by atoms with van der Waals surface area (Å²) in [4.78, 5) is 0. The summed E-state index contributed by atoms with van der Waals surface area (Å²) in [7, 11) is 0. The van der Waals surface area contributed by atoms with Crippen LogP contribution in [0.5, 0.6) is 0 Å². The first-order valence-electron chi connectivity index (χ1n) is 17.2. The fourth-order valence-electron chi connectivity index (χ4n) is 8.74. The zero-order valence-electron chi connectivity index (χ0n) is 26.8. The summed E-state index contributed by atoms with van der Waals surface area (Å²) >= 11 is 0. The molecule has 0 fully saturated rings. The molecule has 0 bridgehead atoms. The van der Waals surface area contributed by atoms with Crippen molar-refractivity contribution in [2.45, 2.75) is 0 Å². The number of hydrogen-bond acceptors (Lipinski definition) is 2. The maximum absolute atomic E-state index is 6.82. The highest BCUT2D eigenvalue weighted by Gasteiger charge is 2.26. The molecule has 230 valence electrons. The first-order chi connectivity index (χ1) is 24.8. The molecular formula is C48H26O2. The van der Waals surface area contributed by atoms with E-state index < -0.39 is 0 Å². The summed E-state index contributed by atoms with van der Waals surface area (Å²) in [6.07, 6.45) is 0. The average molecular weight is 635 g/mol. The topological polar surface area (TPSA) is 26.3 Å². The summed E-state index contributed by atoms with van der Waals surface area (Å²) < 4.78 is 13.6. The molecule has 0 radical (unpaired) electrons. The van der Waals surface area contributed by atoms with Gasteiger partial charge in [0, 0.05) is 21.9 Å². The van der Waals surface area contributed by atoms with Gasteiger partial charge >= 0.3 is 0 Å². The normalized spacial score (nSPS) is 12.4. The highest BCUT2D eigenvalue weighted by molar-refractivity contribution is 6.30. The molecule has 0 amide bonds. The van der Waals surface area contributed by atoms with E-state index in [1.165, 1.54) is 65.3 Å². The van der Waals surface area contributed by atoms with Crippen molar-refractivity contribution in [1.29, 1.82) is 0 Å². The quantitative estimate of drug-likeness (QED) is 0.140. The Labute approximate surface area is 286 Å². The van der Waals surface area contributed by atoms with Crippen molar-refractivity contribution in [2.24, 2.45) is 0 Å². The van der Waals surface area contributed by atoms with E-state index in [1.807, 2.05) is 0 Å². The standard InChI is InChI=1S/C48H26O2/c1-3-11-33-27(7-1)9-5-13-35(33)29-15-17-31-25-43-45-37(39(31)23-29)19-21-41-47(45)48-42(49-43)22-20-38-40-24-30(16-18-32(40)26-44(50-41)46(38)48)36-14-6-10-28-8-2-4-12-34(28)36/h1-26H. The summed E-state index contributed by atoms with van der Waals surface area (Å²) in [6.45, 7) is 0. The van der Waals surface area contributed by atoms with Crippen LogP contribution < -0.4 is 0 Å². The Balaban J connectivity index is 1.14. The summed E-state index contributed by atoms with van der Waals surface area (Å²) in [5.41, 5.74) is 10.6. The second kappa shape index (κ2) is 9.49. The Morgan fingerprint density at radius 1 is 0.280 bits per heavy atom. The van der Waals surface area contributed by atoms with Crippen molar-refractivity contribution in [3.05, 3.63) is 158 Å². The minimum absolute atomic E-state index is 0.875. The molecule has 10 aromatic rings. The second-order valence-electron chi connectivity index (χ2n) is 13.6. The zero-order valence-corrected chi connectivity index (χ0v) is 26.8. The van der Waals surface area contributed by atoms with Crippen molar-refractivity contribution in [2.75, 3.05) is 0 Å². The van der Waals surface area contributed by atoms with Crippen molar-refractivity contribution in [1.82, 2.24) is 0 Å². The highest BCUT2D eigenvalue weighted by Crippen LogP contribution is 2.51. The van der Waals surface area contributed by atoms with Crippen LogP contribution in [-0.4, -0.2) is 0 Å². The third-order valence-corrected chi connectivity index (χ3v) is 11.0. The molecule has 2 heteroatoms. The van der Waals surface area contributed by atoms with E-state index in [0.29, 0.717) is 0 Å². The van der Waals surface area contributed by atoms with Crippen LogP contribution in [0, 0.1) is 0 Å². The Kier molecular flexibility index (Phi) is 5.00. The van der Waals surface area contributed by atoms with Gasteiger partial charge in [0.05, 0.1) is 0 Å². The van der Waals surface area contributed by atoms with Gasteiger partial charge in [0.1, 0.15) is 22.3 Å². The van der Waals surface area contributed by atoms with Crippen LogP contribution >= 0.6 is 0 Å². The minimum atomic E-state index is 0.875. The molecule has 10 aromatic carbocycles. The molecule has 0 N–H and O–H groups in total. The van der Waals surface area contributed by atoms with Gasteiger partial charge in [-0.2, -0.15) is 0 Å². The molecule has 0 aromatic heterocycles. The number of rotatable bonds is 2. The lowest BCUT2D eigenvalue weighted by Gasteiger charge is -2.21. The van der Waals surface area contributed by atoms with E-state index in [0.717, 1.165) is 55.0 Å². The Morgan fingerprint density at radius 2 is 0.740 bits per heavy atom. The van der Waals surface area contributed by atoms with Gasteiger partial charge in [-0.3, -0.25) is 0 Å². The SMILES string of the molecule is c1ccc2c(-c3ccc4cc5oc6ccc7c8cc(-c9cccc%10ccccc9%10)ccc8cc8oc9ccc(c4c3)c5c9-c6c87)cccc2c1. The summed E-state index contributed by atoms with van der Waals surface area (Å²) in [5, 5.41) is 14.3. The Bertz CT molecular complexity index is 3080. The maximum Gasteiger partial charge on any atom is 0.136 e. The first-order valence-corrected chi connectivity index (χ1v) is 17.2. The predicted molar refractivity (Wildman–Crippen MR) is 210 cm³/mol. The van der Waals surface area contributed by atoms with Gasteiger partial charge < -0.3 is 8.83 Å². The van der Waals surface area contributed by atoms with Gasteiger partial charge in [0.2, 0.25) is 0 Å². The fraction of sp³-hybridized carbons (Fsp3) is 0. The van der Waals surface area contributed by atoms with Crippen LogP contribution in [0.4, 0.5) is 0 Å². The predicted octanol–water partition coefficient (Wildman–Crippen LogP) is 14.0. The minimum Gasteiger partial charge on any atom is -0.456 e. The van der Waals surface area contributed by atoms with Gasteiger partial charge in [0.25, 0.3) is 0 Å². The second-order valence-corrected chi connectivity index (χ2v) is 13.6. The van der Waals surface area contributed by atoms with Gasteiger partial charge in [-0.1, -0.05) is 109 Å². The highest BCUT2D eigenvalue weighted by atomic mass is 16.3. The molecule has 0 saturated carbocycles. The molecule has 2 aliphatic heterocycles. The van der Waals surface area contributed by atoms with E-state index in [-0.39, 0.29) is 0 Å². The molecule has 2 nitrogen and oxygen atoms in total. The number of benzene rings is 10. The molecular weight excluding hydrogens is 609 g/mol. The molecule has 0 spiro atoms. The van der Waals surface area contributed by atoms with Crippen LogP contribution in [0.2, 0.25) is 0 Å². The Morgan fingerprint density at radius 3 is 1.24 bits per heavy atom. The molecule has 2 aliphatic rings. The lowest BCUT2D eigenvalue weighted by molar-refractivity contribution is 0.647. The van der Waals surface area contributed by atoms with Gasteiger partial charge in [-0.15, -0.1) is 0 Å². The van der Waals surface area contributed by atoms with E-state index >= 15 is 0 Å². The van der Waals surface area contributed by atoms with E-state index in [9.17, 15) is 0 Å². The first kappa shape index (κ1) is 26.3. The van der Waals surface area contributed by atoms with Crippen LogP contribution in [0.15, 0.2) is 167 Å². The molecule has 2 heterocycles. The van der Waals surface area contributed by atoms with Crippen molar-refractivity contribution in [3.8, 4) is 33.4 Å². The lowest BCUT2D eigenvalue weighted by Crippen LogP contribution is -1.95. The van der Waals surface area contributed by atoms with Crippen molar-refractivity contribution in [3.63, 3.8) is 0 Å². The zero-order chi connectivity index (χ0) is 32.5. The molecule has 0 saturated heterocycles. The van der Waals surface area contributed by atoms with Crippen molar-refractivity contribution >= 4 is 87.0 Å².